The van der Waals surface area contributed by atoms with E-state index in [1.807, 2.05) is 30.3 Å². The van der Waals surface area contributed by atoms with Crippen LogP contribution in [0.25, 0.3) is 10.9 Å². The normalized spacial score (nSPS) is 15.5. The fraction of sp³-hybridized carbons (Fsp3) is 0.273. The molecular formula is C22H22FN3O2. The van der Waals surface area contributed by atoms with E-state index in [4.69, 9.17) is 4.74 Å². The Morgan fingerprint density at radius 1 is 1.14 bits per heavy atom. The van der Waals surface area contributed by atoms with Gasteiger partial charge in [-0.2, -0.15) is 0 Å². The maximum atomic E-state index is 13.7. The van der Waals surface area contributed by atoms with Gasteiger partial charge in [0.05, 0.1) is 12.1 Å². The zero-order chi connectivity index (χ0) is 19.3. The zero-order valence-corrected chi connectivity index (χ0v) is 15.5. The second-order valence-corrected chi connectivity index (χ2v) is 6.98. The Morgan fingerprint density at radius 2 is 1.96 bits per heavy atom. The number of rotatable bonds is 5. The minimum Gasteiger partial charge on any atom is -0.487 e. The summed E-state index contributed by atoms with van der Waals surface area (Å²) in [5, 5.41) is 3.94. The number of para-hydroxylation sites is 1. The number of hydrogen-bond donors (Lipinski definition) is 1. The molecule has 0 unspecified atom stereocenters. The van der Waals surface area contributed by atoms with E-state index in [0.29, 0.717) is 12.3 Å². The number of piperidine rings is 1. The number of pyridine rings is 1. The molecule has 1 amide bonds. The highest BCUT2D eigenvalue weighted by atomic mass is 19.1. The van der Waals surface area contributed by atoms with E-state index in [2.05, 4.69) is 15.2 Å². The van der Waals surface area contributed by atoms with Crippen LogP contribution in [-0.2, 0) is 4.79 Å². The second kappa shape index (κ2) is 8.35. The summed E-state index contributed by atoms with van der Waals surface area (Å²) in [5.74, 6) is -0.0870. The van der Waals surface area contributed by atoms with Gasteiger partial charge in [0.1, 0.15) is 6.10 Å². The third kappa shape index (κ3) is 4.46. The molecule has 2 heterocycles. The van der Waals surface area contributed by atoms with Crippen molar-refractivity contribution < 1.29 is 13.9 Å². The first-order valence-electron chi connectivity index (χ1n) is 9.45. The highest BCUT2D eigenvalue weighted by molar-refractivity contribution is 5.94. The molecule has 1 aliphatic rings. The lowest BCUT2D eigenvalue weighted by molar-refractivity contribution is -0.117. The number of likely N-dealkylation sites (tertiary alicyclic amines) is 1. The first-order chi connectivity index (χ1) is 13.7. The molecule has 3 aromatic rings. The minimum absolute atomic E-state index is 0.0239. The van der Waals surface area contributed by atoms with Gasteiger partial charge in [0.2, 0.25) is 5.91 Å². The van der Waals surface area contributed by atoms with E-state index >= 15 is 0 Å². The molecule has 4 rings (SSSR count). The first-order valence-corrected chi connectivity index (χ1v) is 9.45. The van der Waals surface area contributed by atoms with Gasteiger partial charge in [0, 0.05) is 30.4 Å². The molecule has 6 heteroatoms. The summed E-state index contributed by atoms with van der Waals surface area (Å²) < 4.78 is 19.5. The summed E-state index contributed by atoms with van der Waals surface area (Å²) in [6.07, 6.45) is 3.26. The number of fused-ring (bicyclic) bond motifs is 1. The molecule has 0 radical (unpaired) electrons. The van der Waals surface area contributed by atoms with Crippen LogP contribution >= 0.6 is 0 Å². The standard InChI is InChI=1S/C22H22FN3O2/c23-19-5-1-2-6-21(19)28-18-9-12-26(13-10-18)15-22(27)25-17-7-8-20-16(14-17)4-3-11-24-20/h1-8,11,14,18H,9-10,12-13,15H2,(H,25,27). The molecule has 0 saturated carbocycles. The van der Waals surface area contributed by atoms with Crippen molar-refractivity contribution in [1.29, 1.82) is 0 Å². The van der Waals surface area contributed by atoms with Crippen LogP contribution < -0.4 is 10.1 Å². The minimum atomic E-state index is -0.338. The molecule has 2 aromatic carbocycles. The Balaban J connectivity index is 1.27. The van der Waals surface area contributed by atoms with Crippen molar-refractivity contribution in [3.05, 3.63) is 66.6 Å². The number of carbonyl (C=O) groups excluding carboxylic acids is 1. The summed E-state index contributed by atoms with van der Waals surface area (Å²) >= 11 is 0. The van der Waals surface area contributed by atoms with Crippen molar-refractivity contribution in [2.75, 3.05) is 25.0 Å². The third-order valence-electron chi connectivity index (χ3n) is 4.92. The monoisotopic (exact) mass is 379 g/mol. The third-order valence-corrected chi connectivity index (χ3v) is 4.92. The summed E-state index contributed by atoms with van der Waals surface area (Å²) in [6, 6.07) is 16.0. The van der Waals surface area contributed by atoms with Crippen molar-refractivity contribution in [2.24, 2.45) is 0 Å². The van der Waals surface area contributed by atoms with E-state index in [9.17, 15) is 9.18 Å². The van der Waals surface area contributed by atoms with Crippen LogP contribution in [0.3, 0.4) is 0 Å². The van der Waals surface area contributed by atoms with E-state index in [1.165, 1.54) is 6.07 Å². The summed E-state index contributed by atoms with van der Waals surface area (Å²) in [5.41, 5.74) is 1.67. The number of carbonyl (C=O) groups is 1. The van der Waals surface area contributed by atoms with Gasteiger partial charge in [-0.1, -0.05) is 18.2 Å². The molecule has 1 fully saturated rings. The molecule has 0 spiro atoms. The van der Waals surface area contributed by atoms with Crippen LogP contribution in [0, 0.1) is 5.82 Å². The van der Waals surface area contributed by atoms with Gasteiger partial charge in [0.15, 0.2) is 11.6 Å². The molecule has 1 aliphatic heterocycles. The van der Waals surface area contributed by atoms with Crippen molar-refractivity contribution in [2.45, 2.75) is 18.9 Å². The van der Waals surface area contributed by atoms with Crippen LogP contribution in [0.2, 0.25) is 0 Å². The topological polar surface area (TPSA) is 54.5 Å². The molecule has 144 valence electrons. The largest absolute Gasteiger partial charge is 0.487 e. The quantitative estimate of drug-likeness (QED) is 0.732. The lowest BCUT2D eigenvalue weighted by Gasteiger charge is -2.31. The fourth-order valence-electron chi connectivity index (χ4n) is 3.46. The highest BCUT2D eigenvalue weighted by Gasteiger charge is 2.22. The highest BCUT2D eigenvalue weighted by Crippen LogP contribution is 2.22. The maximum Gasteiger partial charge on any atom is 0.238 e. The van der Waals surface area contributed by atoms with Gasteiger partial charge >= 0.3 is 0 Å². The lowest BCUT2D eigenvalue weighted by atomic mass is 10.1. The summed E-state index contributed by atoms with van der Waals surface area (Å²) in [4.78, 5) is 18.8. The van der Waals surface area contributed by atoms with E-state index in [1.54, 1.807) is 24.4 Å². The molecule has 1 N–H and O–H groups in total. The molecule has 28 heavy (non-hydrogen) atoms. The van der Waals surface area contributed by atoms with Gasteiger partial charge in [-0.25, -0.2) is 4.39 Å². The number of benzene rings is 2. The fourth-order valence-corrected chi connectivity index (χ4v) is 3.46. The van der Waals surface area contributed by atoms with E-state index in [0.717, 1.165) is 42.5 Å². The Bertz CT molecular complexity index is 971. The number of halogens is 1. The molecule has 1 saturated heterocycles. The van der Waals surface area contributed by atoms with Crippen LogP contribution in [0.4, 0.5) is 10.1 Å². The predicted octanol–water partition coefficient (Wildman–Crippen LogP) is 3.86. The number of aromatic nitrogens is 1. The Kier molecular flexibility index (Phi) is 5.48. The van der Waals surface area contributed by atoms with Gasteiger partial charge in [-0.05, 0) is 49.2 Å². The molecule has 0 aliphatic carbocycles. The SMILES string of the molecule is O=C(CN1CCC(Oc2ccccc2F)CC1)Nc1ccc2ncccc2c1. The van der Waals surface area contributed by atoms with E-state index in [-0.39, 0.29) is 17.8 Å². The number of nitrogens with one attached hydrogen (secondary N) is 1. The lowest BCUT2D eigenvalue weighted by Crippen LogP contribution is -2.42. The smallest absolute Gasteiger partial charge is 0.238 e. The number of amides is 1. The second-order valence-electron chi connectivity index (χ2n) is 6.98. The van der Waals surface area contributed by atoms with Crippen molar-refractivity contribution in [3.63, 3.8) is 0 Å². The molecular weight excluding hydrogens is 357 g/mol. The van der Waals surface area contributed by atoms with Crippen LogP contribution in [-0.4, -0.2) is 41.5 Å². The number of hydrogen-bond acceptors (Lipinski definition) is 4. The average Bonchev–Trinajstić information content (AvgIpc) is 2.71. The summed E-state index contributed by atoms with van der Waals surface area (Å²) in [7, 11) is 0. The molecule has 0 bridgehead atoms. The Hall–Kier alpha value is -2.99. The zero-order valence-electron chi connectivity index (χ0n) is 15.5. The average molecular weight is 379 g/mol. The van der Waals surface area contributed by atoms with Crippen molar-refractivity contribution in [3.8, 4) is 5.75 Å². The van der Waals surface area contributed by atoms with Crippen LogP contribution in [0.5, 0.6) is 5.75 Å². The number of nitrogens with zero attached hydrogens (tertiary/aromatic N) is 2. The van der Waals surface area contributed by atoms with Crippen molar-refractivity contribution in [1.82, 2.24) is 9.88 Å². The predicted molar refractivity (Wildman–Crippen MR) is 107 cm³/mol. The van der Waals surface area contributed by atoms with Gasteiger partial charge in [0.25, 0.3) is 0 Å². The first kappa shape index (κ1) is 18.4. The van der Waals surface area contributed by atoms with Crippen LogP contribution in [0.15, 0.2) is 60.8 Å². The number of anilines is 1. The Morgan fingerprint density at radius 3 is 2.79 bits per heavy atom. The van der Waals surface area contributed by atoms with Crippen LogP contribution in [0.1, 0.15) is 12.8 Å². The van der Waals surface area contributed by atoms with Gasteiger partial charge in [-0.15, -0.1) is 0 Å². The number of ether oxygens (including phenoxy) is 1. The molecule has 1 aromatic heterocycles. The van der Waals surface area contributed by atoms with Gasteiger partial charge < -0.3 is 10.1 Å². The summed E-state index contributed by atoms with van der Waals surface area (Å²) in [6.45, 7) is 1.82. The molecule has 5 nitrogen and oxygen atoms in total. The maximum absolute atomic E-state index is 13.7. The Labute approximate surface area is 163 Å². The van der Waals surface area contributed by atoms with Gasteiger partial charge in [-0.3, -0.25) is 14.7 Å². The molecule has 0 atom stereocenters. The van der Waals surface area contributed by atoms with Crippen molar-refractivity contribution >= 4 is 22.5 Å². The van der Waals surface area contributed by atoms with E-state index < -0.39 is 0 Å².